The Bertz CT molecular complexity index is 1100. The normalized spacial score (nSPS) is 26.6. The molecule has 0 aromatic carbocycles. The summed E-state index contributed by atoms with van der Waals surface area (Å²) in [6, 6.07) is 0.796. The van der Waals surface area contributed by atoms with Crippen LogP contribution in [0.4, 0.5) is 24.9 Å². The number of hydrogen-bond donors (Lipinski definition) is 1. The highest BCUT2D eigenvalue weighted by molar-refractivity contribution is 5.97. The number of anilines is 2. The Morgan fingerprint density at radius 2 is 2.19 bits per heavy atom. The van der Waals surface area contributed by atoms with Crippen molar-refractivity contribution in [2.75, 3.05) is 29.9 Å². The molecule has 5 rings (SSSR count). The van der Waals surface area contributed by atoms with Gasteiger partial charge in [0.15, 0.2) is 5.78 Å². The maximum Gasteiger partial charge on any atom is 0.408 e. The first-order valence-electron chi connectivity index (χ1n) is 10.5. The lowest BCUT2D eigenvalue weighted by molar-refractivity contribution is -0.152. The number of carbonyl (C=O) groups is 1. The Morgan fingerprint density at radius 3 is 2.81 bits per heavy atom. The second kappa shape index (κ2) is 7.61. The molecule has 0 radical (unpaired) electrons. The molecule has 4 heterocycles. The van der Waals surface area contributed by atoms with Gasteiger partial charge in [0.1, 0.15) is 17.6 Å². The number of ether oxygens (including phenoxy) is 1. The van der Waals surface area contributed by atoms with E-state index in [0.29, 0.717) is 25.0 Å². The van der Waals surface area contributed by atoms with E-state index in [1.165, 1.54) is 27.6 Å². The van der Waals surface area contributed by atoms with Gasteiger partial charge in [-0.3, -0.25) is 18.8 Å². The van der Waals surface area contributed by atoms with Crippen molar-refractivity contribution in [3.8, 4) is 0 Å². The van der Waals surface area contributed by atoms with Crippen LogP contribution in [0.25, 0.3) is 0 Å². The lowest BCUT2D eigenvalue weighted by Crippen LogP contribution is -2.54. The minimum Gasteiger partial charge on any atom is -0.376 e. The summed E-state index contributed by atoms with van der Waals surface area (Å²) >= 11 is 0. The zero-order valence-corrected chi connectivity index (χ0v) is 17.4. The topological polar surface area (TPSA) is 94.3 Å². The molecule has 2 aliphatic heterocycles. The van der Waals surface area contributed by atoms with Crippen LogP contribution in [-0.2, 0) is 18.3 Å². The number of ketones is 1. The fraction of sp³-hybridized carbons (Fsp3) is 0.600. The first kappa shape index (κ1) is 21.0. The van der Waals surface area contributed by atoms with Crippen molar-refractivity contribution in [2.45, 2.75) is 37.7 Å². The summed E-state index contributed by atoms with van der Waals surface area (Å²) in [4.78, 5) is 30.6. The first-order chi connectivity index (χ1) is 15.2. The van der Waals surface area contributed by atoms with E-state index < -0.39 is 30.1 Å². The highest BCUT2D eigenvalue weighted by atomic mass is 19.4. The molecular weight excluding hydrogens is 429 g/mol. The van der Waals surface area contributed by atoms with Crippen LogP contribution < -0.4 is 15.8 Å². The number of Topliss-reactive ketones (excluding diaryl/α,β-unsaturated/α-hetero) is 1. The molecule has 4 atom stereocenters. The number of aryl methyl sites for hydroxylation is 1. The highest BCUT2D eigenvalue weighted by Gasteiger charge is 2.49. The molecule has 9 nitrogen and oxygen atoms in total. The van der Waals surface area contributed by atoms with Crippen molar-refractivity contribution < 1.29 is 22.7 Å². The summed E-state index contributed by atoms with van der Waals surface area (Å²) in [7, 11) is 1.54. The van der Waals surface area contributed by atoms with Gasteiger partial charge in [-0.15, -0.1) is 0 Å². The molecule has 0 bridgehead atoms. The monoisotopic (exact) mass is 452 g/mol. The molecule has 172 valence electrons. The molecule has 32 heavy (non-hydrogen) atoms. The molecule has 3 aliphatic rings. The second-order valence-electron chi connectivity index (χ2n) is 8.58. The number of nitrogens with zero attached hydrogens (tertiary/aromatic N) is 5. The van der Waals surface area contributed by atoms with Crippen LogP contribution in [0.5, 0.6) is 0 Å². The van der Waals surface area contributed by atoms with E-state index >= 15 is 0 Å². The minimum absolute atomic E-state index is 0.00559. The fourth-order valence-electron chi connectivity index (χ4n) is 4.67. The molecule has 2 aromatic rings. The Hall–Kier alpha value is -2.89. The van der Waals surface area contributed by atoms with Gasteiger partial charge in [-0.1, -0.05) is 0 Å². The van der Waals surface area contributed by atoms with Crippen molar-refractivity contribution in [3.05, 3.63) is 34.4 Å². The largest absolute Gasteiger partial charge is 0.408 e. The second-order valence-corrected chi connectivity index (χ2v) is 8.58. The van der Waals surface area contributed by atoms with Crippen LogP contribution in [0.15, 0.2) is 23.1 Å². The Balaban J connectivity index is 1.44. The number of aromatic nitrogens is 4. The molecule has 0 spiro atoms. The molecule has 1 unspecified atom stereocenters. The van der Waals surface area contributed by atoms with Crippen LogP contribution in [0, 0.1) is 11.8 Å². The molecule has 2 aromatic heterocycles. The van der Waals surface area contributed by atoms with Crippen molar-refractivity contribution in [1.82, 2.24) is 19.3 Å². The van der Waals surface area contributed by atoms with Crippen LogP contribution in [0.2, 0.25) is 0 Å². The predicted molar refractivity (Wildman–Crippen MR) is 108 cm³/mol. The summed E-state index contributed by atoms with van der Waals surface area (Å²) in [5, 5.41) is 6.95. The van der Waals surface area contributed by atoms with E-state index in [1.54, 1.807) is 7.05 Å². The van der Waals surface area contributed by atoms with Gasteiger partial charge in [0.2, 0.25) is 5.95 Å². The lowest BCUT2D eigenvalue weighted by atomic mass is 10.1. The zero-order valence-electron chi connectivity index (χ0n) is 17.4. The number of nitrogens with one attached hydrogen (secondary N) is 1. The molecule has 1 saturated heterocycles. The van der Waals surface area contributed by atoms with Crippen LogP contribution >= 0.6 is 0 Å². The predicted octanol–water partition coefficient (Wildman–Crippen LogP) is 1.45. The highest BCUT2D eigenvalue weighted by Crippen LogP contribution is 2.47. The standard InChI is InChI=1S/C20H23F3N6O3/c1-27-13(2-4-25-27)14(30)9-29-16(20(21,22)23)3-5-28-18(31)7-17(26-19(28)29)24-8-15-12-6-11(12)10-32-15/h2,4,7,11-12,15-16,24H,3,5-6,8-10H2,1H3/t11-,12?,15+,16-/m0/s1. The summed E-state index contributed by atoms with van der Waals surface area (Å²) < 4.78 is 49.7. The van der Waals surface area contributed by atoms with E-state index in [9.17, 15) is 22.8 Å². The molecular formula is C20H23F3N6O3. The number of carbonyl (C=O) groups excluding carboxylic acids is 1. The van der Waals surface area contributed by atoms with Gasteiger partial charge in [-0.2, -0.15) is 23.3 Å². The molecule has 0 amide bonds. The summed E-state index contributed by atoms with van der Waals surface area (Å²) in [5.74, 6) is 0.545. The van der Waals surface area contributed by atoms with Crippen molar-refractivity contribution in [2.24, 2.45) is 18.9 Å². The quantitative estimate of drug-likeness (QED) is 0.663. The van der Waals surface area contributed by atoms with Crippen molar-refractivity contribution in [3.63, 3.8) is 0 Å². The Morgan fingerprint density at radius 1 is 1.38 bits per heavy atom. The SMILES string of the molecule is Cn1nccc1C(=O)CN1c2nc(NC[C@H]3OC[C@@H]4CC43)cc(=O)n2CC[C@H]1C(F)(F)F. The third-order valence-electron chi connectivity index (χ3n) is 6.51. The van der Waals surface area contributed by atoms with E-state index in [2.05, 4.69) is 15.4 Å². The van der Waals surface area contributed by atoms with E-state index in [1.807, 2.05) is 0 Å². The lowest BCUT2D eigenvalue weighted by Gasteiger charge is -2.38. The Labute approximate surface area is 181 Å². The zero-order chi connectivity index (χ0) is 22.6. The number of alkyl halides is 3. The number of rotatable bonds is 6. The van der Waals surface area contributed by atoms with E-state index in [-0.39, 0.29) is 36.5 Å². The van der Waals surface area contributed by atoms with E-state index in [4.69, 9.17) is 4.74 Å². The van der Waals surface area contributed by atoms with Gasteiger partial charge in [0, 0.05) is 32.4 Å². The van der Waals surface area contributed by atoms with Crippen LogP contribution in [0.3, 0.4) is 0 Å². The number of hydrogen-bond acceptors (Lipinski definition) is 7. The summed E-state index contributed by atoms with van der Waals surface area (Å²) in [6.45, 7) is 0.439. The van der Waals surface area contributed by atoms with Crippen LogP contribution in [-0.4, -0.2) is 63.1 Å². The molecule has 2 fully saturated rings. The minimum atomic E-state index is -4.59. The fourth-order valence-corrected chi connectivity index (χ4v) is 4.67. The molecule has 1 N–H and O–H groups in total. The first-order valence-corrected chi connectivity index (χ1v) is 10.5. The van der Waals surface area contributed by atoms with Crippen LogP contribution in [0.1, 0.15) is 23.3 Å². The average molecular weight is 452 g/mol. The number of fused-ring (bicyclic) bond motifs is 2. The molecule has 12 heteroatoms. The van der Waals surface area contributed by atoms with Gasteiger partial charge in [0.25, 0.3) is 5.56 Å². The molecule has 1 saturated carbocycles. The maximum atomic E-state index is 13.8. The average Bonchev–Trinajstić information content (AvgIpc) is 3.19. The smallest absolute Gasteiger partial charge is 0.376 e. The number of halogens is 3. The third kappa shape index (κ3) is 3.76. The van der Waals surface area contributed by atoms with Crippen molar-refractivity contribution >= 4 is 17.5 Å². The van der Waals surface area contributed by atoms with Gasteiger partial charge < -0.3 is 15.0 Å². The summed E-state index contributed by atoms with van der Waals surface area (Å²) in [5.41, 5.74) is -0.287. The Kier molecular flexibility index (Phi) is 4.99. The van der Waals surface area contributed by atoms with Crippen molar-refractivity contribution in [1.29, 1.82) is 0 Å². The van der Waals surface area contributed by atoms with Gasteiger partial charge in [-0.05, 0) is 30.7 Å². The maximum absolute atomic E-state index is 13.8. The van der Waals surface area contributed by atoms with Gasteiger partial charge in [0.05, 0.1) is 19.3 Å². The summed E-state index contributed by atoms with van der Waals surface area (Å²) in [6.07, 6.45) is -2.41. The van der Waals surface area contributed by atoms with Gasteiger partial charge >= 0.3 is 6.18 Å². The third-order valence-corrected chi connectivity index (χ3v) is 6.51. The van der Waals surface area contributed by atoms with Gasteiger partial charge in [-0.25, -0.2) is 0 Å². The van der Waals surface area contributed by atoms with E-state index in [0.717, 1.165) is 11.3 Å². The molecule has 1 aliphatic carbocycles.